The molecule has 108 valence electrons. The van der Waals surface area contributed by atoms with Crippen molar-refractivity contribution in [3.8, 4) is 0 Å². The minimum absolute atomic E-state index is 0.449. The molecule has 0 amide bonds. The van der Waals surface area contributed by atoms with Crippen LogP contribution < -0.4 is 0 Å². The van der Waals surface area contributed by atoms with E-state index in [1.807, 2.05) is 0 Å². The van der Waals surface area contributed by atoms with Crippen molar-refractivity contribution in [1.82, 2.24) is 9.55 Å². The van der Waals surface area contributed by atoms with E-state index < -0.39 is 0 Å². The molecule has 1 saturated carbocycles. The van der Waals surface area contributed by atoms with Crippen LogP contribution in [0.2, 0.25) is 0 Å². The summed E-state index contributed by atoms with van der Waals surface area (Å²) < 4.78 is 2.46. The van der Waals surface area contributed by atoms with Gasteiger partial charge in [-0.1, -0.05) is 19.9 Å². The van der Waals surface area contributed by atoms with Gasteiger partial charge < -0.3 is 4.57 Å². The Morgan fingerprint density at radius 2 is 2.20 bits per heavy atom. The maximum Gasteiger partial charge on any atom is 0.111 e. The zero-order valence-corrected chi connectivity index (χ0v) is 13.4. The predicted octanol–water partition coefficient (Wildman–Crippen LogP) is 4.88. The fourth-order valence-electron chi connectivity index (χ4n) is 3.55. The first-order valence-corrected chi connectivity index (χ1v) is 8.07. The van der Waals surface area contributed by atoms with E-state index in [-0.39, 0.29) is 0 Å². The maximum atomic E-state index is 5.98. The average Bonchev–Trinajstić information content (AvgIpc) is 2.89. The normalized spacial score (nSPS) is 21.7. The van der Waals surface area contributed by atoms with Crippen LogP contribution in [0, 0.1) is 12.3 Å². The average molecular weight is 291 g/mol. The second-order valence-corrected chi connectivity index (χ2v) is 7.27. The molecule has 0 aliphatic heterocycles. The van der Waals surface area contributed by atoms with Gasteiger partial charge in [0, 0.05) is 18.3 Å². The Balaban J connectivity index is 2.09. The van der Waals surface area contributed by atoms with Gasteiger partial charge in [-0.2, -0.15) is 0 Å². The highest BCUT2D eigenvalue weighted by Gasteiger charge is 2.33. The van der Waals surface area contributed by atoms with Gasteiger partial charge in [-0.25, -0.2) is 4.98 Å². The quantitative estimate of drug-likeness (QED) is 0.737. The van der Waals surface area contributed by atoms with Crippen LogP contribution in [0.25, 0.3) is 11.0 Å². The molecule has 1 aromatic heterocycles. The zero-order chi connectivity index (χ0) is 14.3. The first kappa shape index (κ1) is 13.9. The van der Waals surface area contributed by atoms with E-state index in [2.05, 4.69) is 43.5 Å². The number of aryl methyl sites for hydroxylation is 2. The number of halogens is 1. The summed E-state index contributed by atoms with van der Waals surface area (Å²) in [5.41, 5.74) is 4.11. The molecule has 0 radical (unpaired) electrons. The third-order valence-electron chi connectivity index (χ3n) is 4.54. The molecule has 0 bridgehead atoms. The number of benzene rings is 1. The number of hydrogen-bond donors (Lipinski definition) is 0. The molecule has 1 atom stereocenters. The van der Waals surface area contributed by atoms with E-state index in [0.717, 1.165) is 17.8 Å². The summed E-state index contributed by atoms with van der Waals surface area (Å²) in [6.45, 7) is 6.87. The van der Waals surface area contributed by atoms with Gasteiger partial charge in [0.1, 0.15) is 5.82 Å². The van der Waals surface area contributed by atoms with Crippen molar-refractivity contribution in [2.75, 3.05) is 5.88 Å². The number of aromatic nitrogens is 2. The molecule has 3 heteroatoms. The molecule has 2 aromatic rings. The number of nitrogens with zero attached hydrogens (tertiary/aromatic N) is 2. The lowest BCUT2D eigenvalue weighted by atomic mass is 9.92. The second-order valence-electron chi connectivity index (χ2n) is 6.89. The van der Waals surface area contributed by atoms with Crippen LogP contribution in [0.3, 0.4) is 0 Å². The molecule has 0 spiro atoms. The van der Waals surface area contributed by atoms with Crippen molar-refractivity contribution in [3.63, 3.8) is 0 Å². The smallest absolute Gasteiger partial charge is 0.111 e. The van der Waals surface area contributed by atoms with E-state index in [1.54, 1.807) is 0 Å². The van der Waals surface area contributed by atoms with Gasteiger partial charge >= 0.3 is 0 Å². The van der Waals surface area contributed by atoms with Gasteiger partial charge in [-0.05, 0) is 49.3 Å². The van der Waals surface area contributed by atoms with Crippen LogP contribution in [0.1, 0.15) is 50.5 Å². The Bertz CT molecular complexity index is 627. The summed E-state index contributed by atoms with van der Waals surface area (Å²) >= 11 is 5.98. The van der Waals surface area contributed by atoms with Gasteiger partial charge in [0.25, 0.3) is 0 Å². The highest BCUT2D eigenvalue weighted by Crippen LogP contribution is 2.45. The highest BCUT2D eigenvalue weighted by molar-refractivity contribution is 6.17. The molecule has 1 unspecified atom stereocenters. The highest BCUT2D eigenvalue weighted by atomic mass is 35.5. The third-order valence-corrected chi connectivity index (χ3v) is 4.73. The zero-order valence-electron chi connectivity index (χ0n) is 12.6. The second kappa shape index (κ2) is 5.07. The Hall–Kier alpha value is -1.02. The van der Waals surface area contributed by atoms with Crippen molar-refractivity contribution in [3.05, 3.63) is 29.6 Å². The number of fused-ring (bicyclic) bond motifs is 1. The fraction of sp³-hybridized carbons (Fsp3) is 0.588. The molecule has 1 aliphatic carbocycles. The lowest BCUT2D eigenvalue weighted by molar-refractivity contribution is 0.358. The lowest BCUT2D eigenvalue weighted by Gasteiger charge is -2.20. The number of hydrogen-bond acceptors (Lipinski definition) is 1. The fourth-order valence-corrected chi connectivity index (χ4v) is 3.72. The van der Waals surface area contributed by atoms with Crippen molar-refractivity contribution in [2.45, 2.75) is 52.5 Å². The molecule has 3 rings (SSSR count). The van der Waals surface area contributed by atoms with Gasteiger partial charge in [0.05, 0.1) is 11.0 Å². The van der Waals surface area contributed by atoms with E-state index in [0.29, 0.717) is 17.3 Å². The molecule has 1 aliphatic rings. The molecule has 1 fully saturated rings. The molecular weight excluding hydrogens is 268 g/mol. The first-order valence-electron chi connectivity index (χ1n) is 7.54. The number of alkyl halides is 1. The lowest BCUT2D eigenvalue weighted by Crippen LogP contribution is -2.12. The van der Waals surface area contributed by atoms with Crippen molar-refractivity contribution in [1.29, 1.82) is 0 Å². The summed E-state index contributed by atoms with van der Waals surface area (Å²) in [6.07, 6.45) is 4.64. The molecular formula is C17H23ClN2. The molecule has 0 saturated heterocycles. The molecule has 2 nitrogen and oxygen atoms in total. The predicted molar refractivity (Wildman–Crippen MR) is 85.6 cm³/mol. The van der Waals surface area contributed by atoms with Crippen LogP contribution >= 0.6 is 11.6 Å². The van der Waals surface area contributed by atoms with Crippen molar-refractivity contribution >= 4 is 22.6 Å². The Morgan fingerprint density at radius 3 is 2.85 bits per heavy atom. The molecule has 20 heavy (non-hydrogen) atoms. The van der Waals surface area contributed by atoms with Crippen LogP contribution in [0.4, 0.5) is 0 Å². The summed E-state index contributed by atoms with van der Waals surface area (Å²) in [5, 5.41) is 0. The molecule has 0 N–H and O–H groups in total. The summed E-state index contributed by atoms with van der Waals surface area (Å²) in [7, 11) is 0. The van der Waals surface area contributed by atoms with E-state index >= 15 is 0 Å². The van der Waals surface area contributed by atoms with Gasteiger partial charge in [0.15, 0.2) is 0 Å². The Morgan fingerprint density at radius 1 is 1.40 bits per heavy atom. The van der Waals surface area contributed by atoms with Gasteiger partial charge in [0.2, 0.25) is 0 Å². The SMILES string of the molecule is Cc1ccc2c(c1)nc(CCCl)n2C1CCC(C)(C)C1. The Labute approximate surface area is 126 Å². The largest absolute Gasteiger partial charge is 0.325 e. The van der Waals surface area contributed by atoms with E-state index in [9.17, 15) is 0 Å². The number of rotatable bonds is 3. The minimum atomic E-state index is 0.449. The summed E-state index contributed by atoms with van der Waals surface area (Å²) in [6, 6.07) is 7.17. The summed E-state index contributed by atoms with van der Waals surface area (Å²) in [4.78, 5) is 4.83. The first-order chi connectivity index (χ1) is 9.50. The maximum absolute atomic E-state index is 5.98. The van der Waals surface area contributed by atoms with Gasteiger partial charge in [-0.3, -0.25) is 0 Å². The number of imidazole rings is 1. The van der Waals surface area contributed by atoms with Crippen LogP contribution in [0.15, 0.2) is 18.2 Å². The van der Waals surface area contributed by atoms with Crippen LogP contribution in [0.5, 0.6) is 0 Å². The Kier molecular flexibility index (Phi) is 3.53. The van der Waals surface area contributed by atoms with Crippen molar-refractivity contribution < 1.29 is 0 Å². The monoisotopic (exact) mass is 290 g/mol. The standard InChI is InChI=1S/C17H23ClN2/c1-12-4-5-15-14(10-12)19-16(7-9-18)20(15)13-6-8-17(2,3)11-13/h4-5,10,13H,6-9,11H2,1-3H3. The van der Waals surface area contributed by atoms with E-state index in [1.165, 1.54) is 30.3 Å². The summed E-state index contributed by atoms with van der Waals surface area (Å²) in [5.74, 6) is 1.79. The van der Waals surface area contributed by atoms with Crippen LogP contribution in [-0.4, -0.2) is 15.4 Å². The molecule has 1 aromatic carbocycles. The molecule has 1 heterocycles. The van der Waals surface area contributed by atoms with E-state index in [4.69, 9.17) is 16.6 Å². The van der Waals surface area contributed by atoms with Gasteiger partial charge in [-0.15, -0.1) is 11.6 Å². The topological polar surface area (TPSA) is 17.8 Å². The van der Waals surface area contributed by atoms with Crippen molar-refractivity contribution in [2.24, 2.45) is 5.41 Å². The minimum Gasteiger partial charge on any atom is -0.325 e. The third kappa shape index (κ3) is 2.46. The van der Waals surface area contributed by atoms with Crippen LogP contribution in [-0.2, 0) is 6.42 Å².